The van der Waals surface area contributed by atoms with E-state index in [9.17, 15) is 8.78 Å². The molecule has 0 aliphatic heterocycles. The second kappa shape index (κ2) is 3.95. The van der Waals surface area contributed by atoms with Gasteiger partial charge in [-0.05, 0) is 18.2 Å². The van der Waals surface area contributed by atoms with Gasteiger partial charge < -0.3 is 0 Å². The summed E-state index contributed by atoms with van der Waals surface area (Å²) >= 11 is 5.63. The summed E-state index contributed by atoms with van der Waals surface area (Å²) in [6, 6.07) is 8.22. The van der Waals surface area contributed by atoms with E-state index in [4.69, 9.17) is 11.6 Å². The molecule has 1 aromatic heterocycles. The van der Waals surface area contributed by atoms with Crippen LogP contribution in [0.5, 0.6) is 0 Å². The fraction of sp³-hybridized carbons (Fsp3) is 0. The van der Waals surface area contributed by atoms with E-state index >= 15 is 0 Å². The van der Waals surface area contributed by atoms with E-state index in [1.807, 2.05) is 0 Å². The normalized spacial score (nSPS) is 10.3. The molecule has 0 atom stereocenters. The summed E-state index contributed by atoms with van der Waals surface area (Å²) < 4.78 is 26.2. The van der Waals surface area contributed by atoms with Crippen LogP contribution in [0.3, 0.4) is 0 Å². The van der Waals surface area contributed by atoms with Crippen LogP contribution in [0, 0.1) is 17.7 Å². The second-order valence-corrected chi connectivity index (χ2v) is 3.29. The van der Waals surface area contributed by atoms with Crippen molar-refractivity contribution in [3.63, 3.8) is 0 Å². The van der Waals surface area contributed by atoms with Gasteiger partial charge in [0.25, 0.3) is 0 Å². The number of halogens is 3. The molecule has 0 unspecified atom stereocenters. The van der Waals surface area contributed by atoms with Gasteiger partial charge >= 0.3 is 0 Å². The Labute approximate surface area is 90.3 Å². The molecule has 0 fully saturated rings. The van der Waals surface area contributed by atoms with Crippen molar-refractivity contribution in [2.24, 2.45) is 0 Å². The van der Waals surface area contributed by atoms with Crippen LogP contribution in [0.4, 0.5) is 8.78 Å². The summed E-state index contributed by atoms with van der Waals surface area (Å²) in [5.74, 6) is -1.89. The number of hydrogen-bond donors (Lipinski definition) is 0. The first-order valence-electron chi connectivity index (χ1n) is 4.16. The Morgan fingerprint density at radius 3 is 2.67 bits per heavy atom. The molecule has 0 amide bonds. The maximum Gasteiger partial charge on any atom is 0.185 e. The number of benzene rings is 1. The lowest BCUT2D eigenvalue weighted by Gasteiger charge is -2.02. The zero-order valence-corrected chi connectivity index (χ0v) is 8.22. The Bertz CT molecular complexity index is 482. The molecule has 1 aromatic carbocycles. The maximum absolute atomic E-state index is 13.3. The molecular weight excluding hydrogens is 220 g/mol. The lowest BCUT2D eigenvalue weighted by atomic mass is 10.1. The van der Waals surface area contributed by atoms with Crippen molar-refractivity contribution >= 4 is 11.6 Å². The average Bonchev–Trinajstić information content (AvgIpc) is 2.24. The van der Waals surface area contributed by atoms with Crippen LogP contribution in [-0.2, 0) is 0 Å². The lowest BCUT2D eigenvalue weighted by Crippen LogP contribution is -1.92. The minimum Gasteiger partial charge on any atom is -0.253 e. The number of aromatic nitrogens is 1. The van der Waals surface area contributed by atoms with E-state index in [1.165, 1.54) is 12.3 Å². The van der Waals surface area contributed by atoms with E-state index < -0.39 is 11.6 Å². The predicted octanol–water partition coefficient (Wildman–Crippen LogP) is 3.48. The number of nitrogens with zero attached hydrogens (tertiary/aromatic N) is 1. The molecule has 2 rings (SSSR count). The van der Waals surface area contributed by atoms with E-state index in [1.54, 1.807) is 12.1 Å². The van der Waals surface area contributed by atoms with Crippen molar-refractivity contribution in [3.8, 4) is 11.3 Å². The van der Waals surface area contributed by atoms with Gasteiger partial charge in [0, 0.05) is 22.8 Å². The molecule has 1 radical (unpaired) electrons. The lowest BCUT2D eigenvalue weighted by molar-refractivity contribution is 0.507. The molecule has 1 heterocycles. The monoisotopic (exact) mass is 224 g/mol. The Kier molecular flexibility index (Phi) is 2.64. The molecular formula is C11H5ClF2N. The van der Waals surface area contributed by atoms with Crippen molar-refractivity contribution in [2.75, 3.05) is 0 Å². The molecule has 0 aliphatic carbocycles. The Hall–Kier alpha value is -1.48. The van der Waals surface area contributed by atoms with Crippen molar-refractivity contribution in [1.29, 1.82) is 0 Å². The Morgan fingerprint density at radius 2 is 2.00 bits per heavy atom. The molecule has 1 nitrogen and oxygen atoms in total. The molecule has 0 bridgehead atoms. The highest BCUT2D eigenvalue weighted by molar-refractivity contribution is 6.30. The van der Waals surface area contributed by atoms with Gasteiger partial charge in [-0.25, -0.2) is 8.78 Å². The molecule has 0 aliphatic rings. The van der Waals surface area contributed by atoms with Gasteiger partial charge in [-0.2, -0.15) is 0 Å². The molecule has 0 saturated carbocycles. The minimum atomic E-state index is -0.965. The van der Waals surface area contributed by atoms with Gasteiger partial charge in [-0.1, -0.05) is 17.7 Å². The zero-order chi connectivity index (χ0) is 10.8. The standard InChI is InChI=1S/C11H5ClF2N/c12-8-3-1-7(2-4-8)11-10(14)9(13)5-6-15-11/h1-3,5-6H. The van der Waals surface area contributed by atoms with Gasteiger partial charge in [-0.3, -0.25) is 4.98 Å². The Balaban J connectivity index is 2.54. The van der Waals surface area contributed by atoms with Crippen LogP contribution in [0.2, 0.25) is 5.02 Å². The van der Waals surface area contributed by atoms with Crippen LogP contribution in [-0.4, -0.2) is 4.98 Å². The highest BCUT2D eigenvalue weighted by Gasteiger charge is 2.10. The van der Waals surface area contributed by atoms with E-state index in [2.05, 4.69) is 11.1 Å². The molecule has 75 valence electrons. The molecule has 15 heavy (non-hydrogen) atoms. The molecule has 0 saturated heterocycles. The van der Waals surface area contributed by atoms with E-state index in [0.717, 1.165) is 6.07 Å². The van der Waals surface area contributed by atoms with Crippen LogP contribution >= 0.6 is 11.6 Å². The summed E-state index contributed by atoms with van der Waals surface area (Å²) in [6.45, 7) is 0. The van der Waals surface area contributed by atoms with Crippen LogP contribution in [0.1, 0.15) is 0 Å². The maximum atomic E-state index is 13.3. The van der Waals surface area contributed by atoms with E-state index in [-0.39, 0.29) is 5.69 Å². The largest absolute Gasteiger partial charge is 0.253 e. The SMILES string of the molecule is Fc1ccnc(-c2c[c]c(Cl)cc2)c1F. The zero-order valence-electron chi connectivity index (χ0n) is 7.47. The van der Waals surface area contributed by atoms with Crippen molar-refractivity contribution in [3.05, 3.63) is 53.2 Å². The third kappa shape index (κ3) is 1.97. The number of rotatable bonds is 1. The third-order valence-electron chi connectivity index (χ3n) is 1.89. The highest BCUT2D eigenvalue weighted by Crippen LogP contribution is 2.22. The van der Waals surface area contributed by atoms with Crippen molar-refractivity contribution < 1.29 is 8.78 Å². The quantitative estimate of drug-likeness (QED) is 0.723. The summed E-state index contributed by atoms with van der Waals surface area (Å²) in [5, 5.41) is 0.413. The van der Waals surface area contributed by atoms with Gasteiger partial charge in [0.15, 0.2) is 11.6 Å². The van der Waals surface area contributed by atoms with Crippen LogP contribution in [0.15, 0.2) is 30.5 Å². The fourth-order valence-electron chi connectivity index (χ4n) is 1.17. The van der Waals surface area contributed by atoms with Crippen molar-refractivity contribution in [1.82, 2.24) is 4.98 Å². The van der Waals surface area contributed by atoms with Gasteiger partial charge in [0.05, 0.1) is 0 Å². The van der Waals surface area contributed by atoms with Gasteiger partial charge in [0.1, 0.15) is 5.69 Å². The van der Waals surface area contributed by atoms with Crippen LogP contribution in [0.25, 0.3) is 11.3 Å². The first-order chi connectivity index (χ1) is 7.18. The van der Waals surface area contributed by atoms with Gasteiger partial charge in [0.2, 0.25) is 0 Å². The number of pyridine rings is 1. The molecule has 2 aromatic rings. The smallest absolute Gasteiger partial charge is 0.185 e. The third-order valence-corrected chi connectivity index (χ3v) is 2.13. The molecule has 0 N–H and O–H groups in total. The number of hydrogen-bond acceptors (Lipinski definition) is 1. The van der Waals surface area contributed by atoms with E-state index in [0.29, 0.717) is 10.6 Å². The Morgan fingerprint density at radius 1 is 1.20 bits per heavy atom. The summed E-state index contributed by atoms with van der Waals surface area (Å²) in [4.78, 5) is 3.76. The molecule has 4 heteroatoms. The first kappa shape index (κ1) is 10.1. The summed E-state index contributed by atoms with van der Waals surface area (Å²) in [6.07, 6.45) is 1.21. The fourth-order valence-corrected chi connectivity index (χ4v) is 1.29. The van der Waals surface area contributed by atoms with Gasteiger partial charge in [-0.15, -0.1) is 0 Å². The van der Waals surface area contributed by atoms with Crippen molar-refractivity contribution in [2.45, 2.75) is 0 Å². The average molecular weight is 225 g/mol. The predicted molar refractivity (Wildman–Crippen MR) is 53.4 cm³/mol. The highest BCUT2D eigenvalue weighted by atomic mass is 35.5. The topological polar surface area (TPSA) is 12.9 Å². The van der Waals surface area contributed by atoms with Crippen LogP contribution < -0.4 is 0 Å². The minimum absolute atomic E-state index is 0.0390. The summed E-state index contributed by atoms with van der Waals surface area (Å²) in [7, 11) is 0. The second-order valence-electron chi connectivity index (χ2n) is 2.88. The summed E-state index contributed by atoms with van der Waals surface area (Å²) in [5.41, 5.74) is 0.402. The molecule has 0 spiro atoms. The first-order valence-corrected chi connectivity index (χ1v) is 4.54.